The van der Waals surface area contributed by atoms with Crippen LogP contribution in [0.3, 0.4) is 0 Å². The minimum absolute atomic E-state index is 0. The summed E-state index contributed by atoms with van der Waals surface area (Å²) in [5.74, 6) is 0.938. The lowest BCUT2D eigenvalue weighted by atomic mass is 9.81. The van der Waals surface area contributed by atoms with Crippen molar-refractivity contribution in [2.75, 3.05) is 26.2 Å². The summed E-state index contributed by atoms with van der Waals surface area (Å²) in [6.07, 6.45) is 2.64. The molecular formula is C18H29ClN2O2. The number of aryl methyl sites for hydroxylation is 2. The first-order valence-corrected chi connectivity index (χ1v) is 8.16. The SMILES string of the molecule is Cc1ccc(OCCC(=O)NCC2(C)CCNCC2)c(C)c1.Cl. The summed E-state index contributed by atoms with van der Waals surface area (Å²) >= 11 is 0. The fraction of sp³-hybridized carbons (Fsp3) is 0.611. The molecule has 1 heterocycles. The Morgan fingerprint density at radius 2 is 2.00 bits per heavy atom. The third kappa shape index (κ3) is 6.40. The number of piperidine rings is 1. The molecule has 4 nitrogen and oxygen atoms in total. The highest BCUT2D eigenvalue weighted by Crippen LogP contribution is 2.26. The topological polar surface area (TPSA) is 50.4 Å². The maximum absolute atomic E-state index is 12.0. The number of benzene rings is 1. The number of ether oxygens (including phenoxy) is 1. The van der Waals surface area contributed by atoms with Crippen LogP contribution in [-0.2, 0) is 4.79 Å². The molecule has 0 unspecified atom stereocenters. The molecule has 0 atom stereocenters. The molecule has 0 aliphatic carbocycles. The molecule has 5 heteroatoms. The Kier molecular flexibility index (Phi) is 7.86. The molecule has 1 aromatic rings. The lowest BCUT2D eigenvalue weighted by Gasteiger charge is -2.34. The van der Waals surface area contributed by atoms with Crippen LogP contribution < -0.4 is 15.4 Å². The maximum Gasteiger partial charge on any atom is 0.223 e. The summed E-state index contributed by atoms with van der Waals surface area (Å²) in [5, 5.41) is 6.41. The van der Waals surface area contributed by atoms with Crippen LogP contribution in [0.15, 0.2) is 18.2 Å². The molecule has 0 radical (unpaired) electrons. The molecule has 0 saturated carbocycles. The summed E-state index contributed by atoms with van der Waals surface area (Å²) in [7, 11) is 0. The molecule has 1 saturated heterocycles. The Labute approximate surface area is 145 Å². The Morgan fingerprint density at radius 3 is 2.65 bits per heavy atom. The number of halogens is 1. The van der Waals surface area contributed by atoms with Crippen LogP contribution in [0.4, 0.5) is 0 Å². The monoisotopic (exact) mass is 340 g/mol. The summed E-state index contributed by atoms with van der Waals surface area (Å²) in [4.78, 5) is 12.0. The zero-order valence-corrected chi connectivity index (χ0v) is 15.2. The summed E-state index contributed by atoms with van der Waals surface area (Å²) in [6.45, 7) is 9.61. The second-order valence-electron chi connectivity index (χ2n) is 6.70. The quantitative estimate of drug-likeness (QED) is 0.837. The number of hydrogen-bond acceptors (Lipinski definition) is 3. The molecule has 2 N–H and O–H groups in total. The van der Waals surface area contributed by atoms with Gasteiger partial charge in [0.1, 0.15) is 5.75 Å². The molecule has 1 aliphatic heterocycles. The number of carbonyl (C=O) groups is 1. The van der Waals surface area contributed by atoms with Gasteiger partial charge < -0.3 is 15.4 Å². The van der Waals surface area contributed by atoms with Crippen molar-refractivity contribution in [3.05, 3.63) is 29.3 Å². The number of nitrogens with one attached hydrogen (secondary N) is 2. The van der Waals surface area contributed by atoms with E-state index in [0.717, 1.165) is 43.8 Å². The van der Waals surface area contributed by atoms with Crippen LogP contribution in [-0.4, -0.2) is 32.1 Å². The van der Waals surface area contributed by atoms with Crippen LogP contribution in [0, 0.1) is 19.3 Å². The molecular weight excluding hydrogens is 312 g/mol. The normalized spacial score (nSPS) is 16.3. The number of amides is 1. The molecule has 1 amide bonds. The first-order valence-electron chi connectivity index (χ1n) is 8.16. The van der Waals surface area contributed by atoms with E-state index in [1.54, 1.807) is 0 Å². The molecule has 0 spiro atoms. The van der Waals surface area contributed by atoms with E-state index in [1.165, 1.54) is 5.56 Å². The van der Waals surface area contributed by atoms with E-state index in [1.807, 2.05) is 19.1 Å². The van der Waals surface area contributed by atoms with Crippen molar-refractivity contribution in [3.63, 3.8) is 0 Å². The van der Waals surface area contributed by atoms with Gasteiger partial charge >= 0.3 is 0 Å². The standard InChI is InChI=1S/C18H28N2O2.ClH/c1-14-4-5-16(15(2)12-14)22-11-6-17(21)20-13-18(3)7-9-19-10-8-18;/h4-5,12,19H,6-11,13H2,1-3H3,(H,20,21);1H. The van der Waals surface area contributed by atoms with Gasteiger partial charge in [-0.3, -0.25) is 4.79 Å². The highest BCUT2D eigenvalue weighted by molar-refractivity contribution is 5.85. The molecule has 1 fully saturated rings. The van der Waals surface area contributed by atoms with E-state index < -0.39 is 0 Å². The number of hydrogen-bond donors (Lipinski definition) is 2. The summed E-state index contributed by atoms with van der Waals surface area (Å²) in [6, 6.07) is 6.09. The molecule has 1 aromatic carbocycles. The Hall–Kier alpha value is -1.26. The summed E-state index contributed by atoms with van der Waals surface area (Å²) in [5.41, 5.74) is 2.57. The third-order valence-corrected chi connectivity index (χ3v) is 4.44. The largest absolute Gasteiger partial charge is 0.493 e. The van der Waals surface area contributed by atoms with E-state index in [4.69, 9.17) is 4.74 Å². The third-order valence-electron chi connectivity index (χ3n) is 4.44. The highest BCUT2D eigenvalue weighted by Gasteiger charge is 2.26. The lowest BCUT2D eigenvalue weighted by Crippen LogP contribution is -2.43. The van der Waals surface area contributed by atoms with Crippen molar-refractivity contribution < 1.29 is 9.53 Å². The number of rotatable bonds is 6. The minimum Gasteiger partial charge on any atom is -0.493 e. The van der Waals surface area contributed by atoms with Crippen LogP contribution >= 0.6 is 12.4 Å². The van der Waals surface area contributed by atoms with Crippen molar-refractivity contribution in [2.45, 2.75) is 40.0 Å². The van der Waals surface area contributed by atoms with Gasteiger partial charge in [0.05, 0.1) is 13.0 Å². The van der Waals surface area contributed by atoms with E-state index in [-0.39, 0.29) is 23.7 Å². The second-order valence-corrected chi connectivity index (χ2v) is 6.70. The smallest absolute Gasteiger partial charge is 0.223 e. The fourth-order valence-electron chi connectivity index (χ4n) is 2.82. The van der Waals surface area contributed by atoms with E-state index in [0.29, 0.717) is 13.0 Å². The van der Waals surface area contributed by atoms with Crippen LogP contribution in [0.25, 0.3) is 0 Å². The molecule has 23 heavy (non-hydrogen) atoms. The van der Waals surface area contributed by atoms with Crippen molar-refractivity contribution in [1.82, 2.24) is 10.6 Å². The number of carbonyl (C=O) groups excluding carboxylic acids is 1. The molecule has 1 aliphatic rings. The van der Waals surface area contributed by atoms with Crippen molar-refractivity contribution in [2.24, 2.45) is 5.41 Å². The summed E-state index contributed by atoms with van der Waals surface area (Å²) < 4.78 is 5.71. The highest BCUT2D eigenvalue weighted by atomic mass is 35.5. The fourth-order valence-corrected chi connectivity index (χ4v) is 2.82. The average Bonchev–Trinajstić information content (AvgIpc) is 2.48. The van der Waals surface area contributed by atoms with Gasteiger partial charge in [0.2, 0.25) is 5.91 Å². The van der Waals surface area contributed by atoms with Gasteiger partial charge in [-0.2, -0.15) is 0 Å². The second kappa shape index (κ2) is 9.14. The van der Waals surface area contributed by atoms with Gasteiger partial charge in [0.25, 0.3) is 0 Å². The molecule has 0 aromatic heterocycles. The van der Waals surface area contributed by atoms with Crippen molar-refractivity contribution >= 4 is 18.3 Å². The van der Waals surface area contributed by atoms with Crippen LogP contribution in [0.1, 0.15) is 37.3 Å². The zero-order chi connectivity index (χ0) is 16.0. The van der Waals surface area contributed by atoms with E-state index >= 15 is 0 Å². The van der Waals surface area contributed by atoms with Gasteiger partial charge in [-0.15, -0.1) is 12.4 Å². The maximum atomic E-state index is 12.0. The van der Waals surface area contributed by atoms with Gasteiger partial charge in [-0.05, 0) is 56.8 Å². The van der Waals surface area contributed by atoms with Gasteiger partial charge in [-0.1, -0.05) is 24.6 Å². The van der Waals surface area contributed by atoms with Crippen molar-refractivity contribution in [1.29, 1.82) is 0 Å². The van der Waals surface area contributed by atoms with Gasteiger partial charge in [0.15, 0.2) is 0 Å². The Bertz CT molecular complexity index is 514. The predicted molar refractivity (Wildman–Crippen MR) is 96.5 cm³/mol. The first kappa shape index (κ1) is 19.8. The van der Waals surface area contributed by atoms with Gasteiger partial charge in [-0.25, -0.2) is 0 Å². The molecule has 0 bridgehead atoms. The Balaban J connectivity index is 0.00000264. The first-order chi connectivity index (χ1) is 10.5. The lowest BCUT2D eigenvalue weighted by molar-refractivity contribution is -0.122. The zero-order valence-electron chi connectivity index (χ0n) is 14.4. The van der Waals surface area contributed by atoms with Gasteiger partial charge in [0, 0.05) is 6.54 Å². The molecule has 2 rings (SSSR count). The minimum atomic E-state index is 0. The van der Waals surface area contributed by atoms with E-state index in [9.17, 15) is 4.79 Å². The Morgan fingerprint density at radius 1 is 1.30 bits per heavy atom. The average molecular weight is 341 g/mol. The molecule has 130 valence electrons. The van der Waals surface area contributed by atoms with Crippen molar-refractivity contribution in [3.8, 4) is 5.75 Å². The van der Waals surface area contributed by atoms with Crippen LogP contribution in [0.5, 0.6) is 5.75 Å². The van der Waals surface area contributed by atoms with Crippen LogP contribution in [0.2, 0.25) is 0 Å². The predicted octanol–water partition coefficient (Wildman–Crippen LogP) is 3.00. The van der Waals surface area contributed by atoms with E-state index in [2.05, 4.69) is 30.5 Å².